The largest absolute Gasteiger partial charge is 0.315 e. The van der Waals surface area contributed by atoms with Gasteiger partial charge in [-0.15, -0.1) is 23.7 Å². The van der Waals surface area contributed by atoms with Crippen LogP contribution in [0.2, 0.25) is 0 Å². The molecule has 0 saturated carbocycles. The Bertz CT molecular complexity index is 535. The fourth-order valence-electron chi connectivity index (χ4n) is 2.89. The van der Waals surface area contributed by atoms with E-state index in [9.17, 15) is 8.42 Å². The van der Waals surface area contributed by atoms with E-state index in [1.54, 1.807) is 10.4 Å². The molecule has 2 bridgehead atoms. The van der Waals surface area contributed by atoms with Gasteiger partial charge in [0, 0.05) is 23.1 Å². The molecule has 2 atom stereocenters. The van der Waals surface area contributed by atoms with Crippen molar-refractivity contribution in [1.82, 2.24) is 9.62 Å². The smallest absolute Gasteiger partial charge is 0.254 e. The standard InChI is InChI=1S/C11H15BrN2O2S2.ClH/c12-10-4-6-17-11(10)18(15,16)14-8-1-2-9(14)7-13-5-3-8;/h4,6,8-9,13H,1-3,5,7H2;1H. The van der Waals surface area contributed by atoms with E-state index in [0.29, 0.717) is 8.68 Å². The Labute approximate surface area is 132 Å². The molecular formula is C11H16BrClN2O2S2. The summed E-state index contributed by atoms with van der Waals surface area (Å²) in [5, 5.41) is 5.14. The van der Waals surface area contributed by atoms with Crippen molar-refractivity contribution in [3.63, 3.8) is 0 Å². The molecule has 0 aromatic carbocycles. The van der Waals surface area contributed by atoms with Crippen LogP contribution < -0.4 is 5.32 Å². The second-order valence-electron chi connectivity index (χ2n) is 4.77. The van der Waals surface area contributed by atoms with Gasteiger partial charge in [-0.05, 0) is 53.2 Å². The third kappa shape index (κ3) is 2.73. The summed E-state index contributed by atoms with van der Waals surface area (Å²) < 4.78 is 28.4. The van der Waals surface area contributed by atoms with Gasteiger partial charge in [-0.1, -0.05) is 0 Å². The van der Waals surface area contributed by atoms with Crippen molar-refractivity contribution in [3.05, 3.63) is 15.9 Å². The van der Waals surface area contributed by atoms with Crippen molar-refractivity contribution >= 4 is 49.7 Å². The van der Waals surface area contributed by atoms with Gasteiger partial charge in [0.05, 0.1) is 0 Å². The van der Waals surface area contributed by atoms with Crippen LogP contribution in [0.25, 0.3) is 0 Å². The van der Waals surface area contributed by atoms with E-state index < -0.39 is 10.0 Å². The number of thiophene rings is 1. The zero-order valence-electron chi connectivity index (χ0n) is 10.2. The molecule has 19 heavy (non-hydrogen) atoms. The number of hydrogen-bond donors (Lipinski definition) is 1. The number of hydrogen-bond acceptors (Lipinski definition) is 4. The average molecular weight is 388 g/mol. The van der Waals surface area contributed by atoms with E-state index in [4.69, 9.17) is 0 Å². The highest BCUT2D eigenvalue weighted by Crippen LogP contribution is 2.37. The van der Waals surface area contributed by atoms with Crippen molar-refractivity contribution in [2.24, 2.45) is 0 Å². The number of nitrogens with one attached hydrogen (secondary N) is 1. The number of fused-ring (bicyclic) bond motifs is 2. The normalized spacial score (nSPS) is 27.8. The minimum absolute atomic E-state index is 0. The molecule has 2 fully saturated rings. The molecule has 2 unspecified atom stereocenters. The van der Waals surface area contributed by atoms with E-state index >= 15 is 0 Å². The first-order valence-corrected chi connectivity index (χ1v) is 9.19. The van der Waals surface area contributed by atoms with Crippen LogP contribution in [0.3, 0.4) is 0 Å². The fourth-order valence-corrected chi connectivity index (χ4v) is 7.19. The van der Waals surface area contributed by atoms with Crippen LogP contribution in [-0.2, 0) is 10.0 Å². The van der Waals surface area contributed by atoms with Crippen molar-refractivity contribution in [1.29, 1.82) is 0 Å². The van der Waals surface area contributed by atoms with Gasteiger partial charge in [0.1, 0.15) is 4.21 Å². The molecule has 2 aliphatic rings. The van der Waals surface area contributed by atoms with Crippen molar-refractivity contribution in [3.8, 4) is 0 Å². The van der Waals surface area contributed by atoms with Gasteiger partial charge in [0.2, 0.25) is 0 Å². The summed E-state index contributed by atoms with van der Waals surface area (Å²) in [5.74, 6) is 0. The molecule has 0 spiro atoms. The molecular weight excluding hydrogens is 372 g/mol. The lowest BCUT2D eigenvalue weighted by atomic mass is 10.1. The minimum Gasteiger partial charge on any atom is -0.315 e. The number of sulfonamides is 1. The third-order valence-corrected chi connectivity index (χ3v) is 8.34. The predicted molar refractivity (Wildman–Crippen MR) is 82.6 cm³/mol. The maximum absolute atomic E-state index is 12.8. The average Bonchev–Trinajstić information content (AvgIpc) is 2.82. The Morgan fingerprint density at radius 3 is 2.74 bits per heavy atom. The Kier molecular flexibility index (Phi) is 4.96. The molecule has 3 rings (SSSR count). The number of nitrogens with zero attached hydrogens (tertiary/aromatic N) is 1. The Morgan fingerprint density at radius 1 is 1.32 bits per heavy atom. The van der Waals surface area contributed by atoms with Crippen LogP contribution in [-0.4, -0.2) is 37.9 Å². The molecule has 0 amide bonds. The highest BCUT2D eigenvalue weighted by molar-refractivity contribution is 9.10. The van der Waals surface area contributed by atoms with Gasteiger partial charge in [0.25, 0.3) is 10.0 Å². The first-order chi connectivity index (χ1) is 8.60. The Morgan fingerprint density at radius 2 is 2.05 bits per heavy atom. The van der Waals surface area contributed by atoms with Crippen LogP contribution in [0.4, 0.5) is 0 Å². The predicted octanol–water partition coefficient (Wildman–Crippen LogP) is 2.45. The van der Waals surface area contributed by atoms with Gasteiger partial charge in [-0.25, -0.2) is 8.42 Å². The van der Waals surface area contributed by atoms with Gasteiger partial charge in [-0.2, -0.15) is 4.31 Å². The molecule has 2 saturated heterocycles. The Hall–Kier alpha value is 0.340. The van der Waals surface area contributed by atoms with Gasteiger partial charge in [-0.3, -0.25) is 0 Å². The summed E-state index contributed by atoms with van der Waals surface area (Å²) in [5.41, 5.74) is 0. The summed E-state index contributed by atoms with van der Waals surface area (Å²) in [6.45, 7) is 1.69. The Balaban J connectivity index is 0.00000133. The van der Waals surface area contributed by atoms with Crippen molar-refractivity contribution in [2.75, 3.05) is 13.1 Å². The summed E-state index contributed by atoms with van der Waals surface area (Å²) >= 11 is 4.63. The number of halogens is 2. The molecule has 0 radical (unpaired) electrons. The van der Waals surface area contributed by atoms with E-state index in [1.165, 1.54) is 11.3 Å². The zero-order chi connectivity index (χ0) is 12.8. The summed E-state index contributed by atoms with van der Waals surface area (Å²) in [6.07, 6.45) is 2.88. The first-order valence-electron chi connectivity index (χ1n) is 6.08. The molecule has 2 aliphatic heterocycles. The molecule has 3 heterocycles. The maximum atomic E-state index is 12.8. The topological polar surface area (TPSA) is 49.4 Å². The van der Waals surface area contributed by atoms with Crippen LogP contribution >= 0.6 is 39.7 Å². The molecule has 8 heteroatoms. The quantitative estimate of drug-likeness (QED) is 0.848. The van der Waals surface area contributed by atoms with Gasteiger partial charge < -0.3 is 5.32 Å². The lowest BCUT2D eigenvalue weighted by molar-refractivity contribution is 0.335. The van der Waals surface area contributed by atoms with Crippen LogP contribution in [0.1, 0.15) is 19.3 Å². The highest BCUT2D eigenvalue weighted by Gasteiger charge is 2.43. The van der Waals surface area contributed by atoms with E-state index in [2.05, 4.69) is 21.2 Å². The fraction of sp³-hybridized carbons (Fsp3) is 0.636. The van der Waals surface area contributed by atoms with Crippen LogP contribution in [0.5, 0.6) is 0 Å². The van der Waals surface area contributed by atoms with Gasteiger partial charge >= 0.3 is 0 Å². The SMILES string of the molecule is Cl.O=S(=O)(c1sccc1Br)N1C2CCNCC1CC2. The molecule has 1 aromatic heterocycles. The molecule has 4 nitrogen and oxygen atoms in total. The first kappa shape index (κ1) is 15.7. The summed E-state index contributed by atoms with van der Waals surface area (Å²) in [7, 11) is -3.34. The van der Waals surface area contributed by atoms with Crippen molar-refractivity contribution in [2.45, 2.75) is 35.6 Å². The summed E-state index contributed by atoms with van der Waals surface area (Å²) in [4.78, 5) is 0. The number of rotatable bonds is 2. The van der Waals surface area contributed by atoms with Crippen LogP contribution in [0.15, 0.2) is 20.1 Å². The molecule has 1 aromatic rings. The van der Waals surface area contributed by atoms with E-state index in [0.717, 1.165) is 32.4 Å². The lowest BCUT2D eigenvalue weighted by Crippen LogP contribution is -2.42. The third-order valence-electron chi connectivity index (χ3n) is 3.68. The molecule has 1 N–H and O–H groups in total. The van der Waals surface area contributed by atoms with Crippen LogP contribution in [0, 0.1) is 0 Å². The van der Waals surface area contributed by atoms with Crippen molar-refractivity contribution < 1.29 is 8.42 Å². The van der Waals surface area contributed by atoms with E-state index in [-0.39, 0.29) is 24.5 Å². The second kappa shape index (κ2) is 5.99. The molecule has 108 valence electrons. The maximum Gasteiger partial charge on any atom is 0.254 e. The summed E-state index contributed by atoms with van der Waals surface area (Å²) in [6, 6.07) is 2.09. The van der Waals surface area contributed by atoms with E-state index in [1.807, 2.05) is 5.38 Å². The monoisotopic (exact) mass is 386 g/mol. The molecule has 0 aliphatic carbocycles. The highest BCUT2D eigenvalue weighted by atomic mass is 79.9. The minimum atomic E-state index is -3.34. The second-order valence-corrected chi connectivity index (χ2v) is 8.58. The lowest BCUT2D eigenvalue weighted by Gasteiger charge is -2.26. The zero-order valence-corrected chi connectivity index (χ0v) is 14.2. The van der Waals surface area contributed by atoms with Gasteiger partial charge in [0.15, 0.2) is 0 Å².